The van der Waals surface area contributed by atoms with Gasteiger partial charge in [0.25, 0.3) is 0 Å². The van der Waals surface area contributed by atoms with Gasteiger partial charge in [-0.15, -0.1) is 0 Å². The van der Waals surface area contributed by atoms with E-state index in [-0.39, 0.29) is 18.1 Å². The highest BCUT2D eigenvalue weighted by molar-refractivity contribution is 5.86. The fourth-order valence-corrected chi connectivity index (χ4v) is 3.33. The molecule has 0 bridgehead atoms. The van der Waals surface area contributed by atoms with Crippen LogP contribution < -0.4 is 0 Å². The van der Waals surface area contributed by atoms with Crippen LogP contribution in [0, 0.1) is 13.8 Å². The molecule has 2 aromatic rings. The van der Waals surface area contributed by atoms with E-state index < -0.39 is 5.97 Å². The number of phenolic OH excluding ortho intramolecular Hbond substituents is 1. The molecule has 1 aliphatic rings. The number of fused-ring (bicyclic) bond motifs is 3. The number of benzene rings is 2. The van der Waals surface area contributed by atoms with E-state index >= 15 is 0 Å². The topological polar surface area (TPSA) is 57.5 Å². The van der Waals surface area contributed by atoms with Gasteiger partial charge < -0.3 is 10.2 Å². The summed E-state index contributed by atoms with van der Waals surface area (Å²) in [7, 11) is 0. The lowest BCUT2D eigenvalue weighted by Crippen LogP contribution is -2.06. The molecule has 20 heavy (non-hydrogen) atoms. The first kappa shape index (κ1) is 12.7. The van der Waals surface area contributed by atoms with Crippen molar-refractivity contribution in [3.8, 4) is 16.9 Å². The molecule has 102 valence electrons. The Hall–Kier alpha value is -2.29. The number of aryl methyl sites for hydroxylation is 2. The number of aromatic hydroxyl groups is 1. The second kappa shape index (κ2) is 4.37. The van der Waals surface area contributed by atoms with Gasteiger partial charge in [-0.25, -0.2) is 0 Å². The summed E-state index contributed by atoms with van der Waals surface area (Å²) in [6.45, 7) is 4.01. The van der Waals surface area contributed by atoms with Crippen LogP contribution >= 0.6 is 0 Å². The Morgan fingerprint density at radius 3 is 2.70 bits per heavy atom. The molecule has 0 fully saturated rings. The second-order valence-corrected chi connectivity index (χ2v) is 5.43. The summed E-state index contributed by atoms with van der Waals surface area (Å²) in [6, 6.07) is 9.44. The summed E-state index contributed by atoms with van der Waals surface area (Å²) in [5.41, 5.74) is 5.92. The van der Waals surface area contributed by atoms with E-state index in [1.807, 2.05) is 26.0 Å². The molecule has 0 amide bonds. The van der Waals surface area contributed by atoms with Crippen LogP contribution in [0.3, 0.4) is 0 Å². The molecule has 0 spiro atoms. The van der Waals surface area contributed by atoms with Crippen LogP contribution in [0.2, 0.25) is 0 Å². The molecule has 3 heteroatoms. The standard InChI is InChI=1S/C17H16O3/c1-9-6-10(2)16-12(8-15(19)20)11-4-3-5-14(18)17(11)13(16)7-9/h3-7,12,18H,8H2,1-2H3,(H,19,20). The Bertz CT molecular complexity index is 716. The largest absolute Gasteiger partial charge is 0.507 e. The normalized spacial score (nSPS) is 15.8. The molecule has 0 saturated carbocycles. The highest BCUT2D eigenvalue weighted by atomic mass is 16.4. The average Bonchev–Trinajstić information content (AvgIpc) is 2.64. The molecule has 0 radical (unpaired) electrons. The van der Waals surface area contributed by atoms with Crippen molar-refractivity contribution >= 4 is 5.97 Å². The minimum atomic E-state index is -0.822. The molecule has 1 atom stereocenters. The van der Waals surface area contributed by atoms with Gasteiger partial charge in [-0.1, -0.05) is 29.8 Å². The lowest BCUT2D eigenvalue weighted by Gasteiger charge is -2.13. The van der Waals surface area contributed by atoms with Gasteiger partial charge in [-0.2, -0.15) is 0 Å². The number of aliphatic carboxylic acids is 1. The van der Waals surface area contributed by atoms with E-state index in [9.17, 15) is 15.0 Å². The van der Waals surface area contributed by atoms with Gasteiger partial charge >= 0.3 is 5.97 Å². The number of rotatable bonds is 2. The van der Waals surface area contributed by atoms with E-state index in [0.717, 1.165) is 33.4 Å². The molecule has 1 unspecified atom stereocenters. The summed E-state index contributed by atoms with van der Waals surface area (Å²) < 4.78 is 0. The Labute approximate surface area is 117 Å². The molecule has 0 aliphatic heterocycles. The monoisotopic (exact) mass is 268 g/mol. The minimum Gasteiger partial charge on any atom is -0.507 e. The van der Waals surface area contributed by atoms with Crippen LogP contribution in [0.1, 0.15) is 34.6 Å². The number of hydrogen-bond donors (Lipinski definition) is 2. The third-order valence-electron chi connectivity index (χ3n) is 3.98. The number of carbonyl (C=O) groups is 1. The van der Waals surface area contributed by atoms with Crippen molar-refractivity contribution in [2.24, 2.45) is 0 Å². The predicted octanol–water partition coefficient (Wildman–Crippen LogP) is 3.60. The lowest BCUT2D eigenvalue weighted by atomic mass is 9.90. The third kappa shape index (κ3) is 1.78. The molecule has 1 aliphatic carbocycles. The summed E-state index contributed by atoms with van der Waals surface area (Å²) in [5.74, 6) is -0.774. The van der Waals surface area contributed by atoms with Crippen LogP contribution in [0.5, 0.6) is 5.75 Å². The summed E-state index contributed by atoms with van der Waals surface area (Å²) >= 11 is 0. The molecule has 2 aromatic carbocycles. The van der Waals surface area contributed by atoms with Crippen LogP contribution in [0.15, 0.2) is 30.3 Å². The maximum Gasteiger partial charge on any atom is 0.304 e. The zero-order valence-electron chi connectivity index (χ0n) is 11.5. The Kier molecular flexibility index (Phi) is 2.78. The number of carboxylic acid groups (broad SMARTS) is 1. The van der Waals surface area contributed by atoms with Gasteiger partial charge in [0, 0.05) is 11.5 Å². The number of hydrogen-bond acceptors (Lipinski definition) is 2. The second-order valence-electron chi connectivity index (χ2n) is 5.43. The zero-order valence-corrected chi connectivity index (χ0v) is 11.5. The van der Waals surface area contributed by atoms with Gasteiger partial charge in [0.15, 0.2) is 0 Å². The summed E-state index contributed by atoms with van der Waals surface area (Å²) in [4.78, 5) is 11.2. The van der Waals surface area contributed by atoms with Crippen LogP contribution in [-0.4, -0.2) is 16.2 Å². The smallest absolute Gasteiger partial charge is 0.304 e. The minimum absolute atomic E-state index is 0.0490. The van der Waals surface area contributed by atoms with Gasteiger partial charge in [-0.05, 0) is 42.2 Å². The number of carboxylic acids is 1. The fraction of sp³-hybridized carbons (Fsp3) is 0.235. The SMILES string of the molecule is Cc1cc(C)c2c(c1)-c1c(O)cccc1C2CC(=O)O. The van der Waals surface area contributed by atoms with Crippen molar-refractivity contribution in [2.75, 3.05) is 0 Å². The van der Waals surface area contributed by atoms with Gasteiger partial charge in [0.1, 0.15) is 5.75 Å². The van der Waals surface area contributed by atoms with E-state index in [4.69, 9.17) is 0 Å². The van der Waals surface area contributed by atoms with Crippen molar-refractivity contribution < 1.29 is 15.0 Å². The third-order valence-corrected chi connectivity index (χ3v) is 3.98. The average molecular weight is 268 g/mol. The van der Waals surface area contributed by atoms with Crippen molar-refractivity contribution in [3.05, 3.63) is 52.6 Å². The quantitative estimate of drug-likeness (QED) is 0.875. The summed E-state index contributed by atoms with van der Waals surface area (Å²) in [6.07, 6.45) is 0.0490. The molecule has 3 nitrogen and oxygen atoms in total. The highest BCUT2D eigenvalue weighted by Crippen LogP contribution is 2.51. The fourth-order valence-electron chi connectivity index (χ4n) is 3.33. The Morgan fingerprint density at radius 2 is 2.00 bits per heavy atom. The van der Waals surface area contributed by atoms with Gasteiger partial charge in [0.05, 0.1) is 6.42 Å². The maximum absolute atomic E-state index is 11.2. The van der Waals surface area contributed by atoms with Crippen molar-refractivity contribution in [3.63, 3.8) is 0 Å². The first-order valence-electron chi connectivity index (χ1n) is 6.64. The van der Waals surface area contributed by atoms with Crippen LogP contribution in [0.4, 0.5) is 0 Å². The van der Waals surface area contributed by atoms with E-state index in [1.165, 1.54) is 0 Å². The van der Waals surface area contributed by atoms with Crippen LogP contribution in [-0.2, 0) is 4.79 Å². The zero-order chi connectivity index (χ0) is 14.4. The lowest BCUT2D eigenvalue weighted by molar-refractivity contribution is -0.137. The molecule has 3 rings (SSSR count). The molecule has 0 aromatic heterocycles. The first-order valence-corrected chi connectivity index (χ1v) is 6.64. The van der Waals surface area contributed by atoms with E-state index in [0.29, 0.717) is 0 Å². The molecular formula is C17H16O3. The highest BCUT2D eigenvalue weighted by Gasteiger charge is 2.33. The van der Waals surface area contributed by atoms with E-state index in [1.54, 1.807) is 12.1 Å². The van der Waals surface area contributed by atoms with Crippen molar-refractivity contribution in [2.45, 2.75) is 26.2 Å². The van der Waals surface area contributed by atoms with Gasteiger partial charge in [0.2, 0.25) is 0 Å². The van der Waals surface area contributed by atoms with Crippen molar-refractivity contribution in [1.29, 1.82) is 0 Å². The van der Waals surface area contributed by atoms with Crippen molar-refractivity contribution in [1.82, 2.24) is 0 Å². The Morgan fingerprint density at radius 1 is 1.25 bits per heavy atom. The molecule has 0 saturated heterocycles. The molecular weight excluding hydrogens is 252 g/mol. The predicted molar refractivity (Wildman–Crippen MR) is 77.1 cm³/mol. The van der Waals surface area contributed by atoms with E-state index in [2.05, 4.69) is 6.07 Å². The number of phenols is 1. The van der Waals surface area contributed by atoms with Gasteiger partial charge in [-0.3, -0.25) is 4.79 Å². The maximum atomic E-state index is 11.2. The van der Waals surface area contributed by atoms with Crippen LogP contribution in [0.25, 0.3) is 11.1 Å². The Balaban J connectivity index is 2.32. The first-order chi connectivity index (χ1) is 9.49. The molecule has 0 heterocycles. The summed E-state index contributed by atoms with van der Waals surface area (Å²) in [5, 5.41) is 19.3. The molecule has 2 N–H and O–H groups in total.